The molecule has 1 aliphatic carbocycles. The molecule has 0 spiro atoms. The summed E-state index contributed by atoms with van der Waals surface area (Å²) in [6.07, 6.45) is 7.28. The average Bonchev–Trinajstić information content (AvgIpc) is 3.65. The molecule has 1 fully saturated rings. The second-order valence-electron chi connectivity index (χ2n) is 9.55. The van der Waals surface area contributed by atoms with Gasteiger partial charge < -0.3 is 9.64 Å². The summed E-state index contributed by atoms with van der Waals surface area (Å²) in [5.41, 5.74) is 7.19. The predicted octanol–water partition coefficient (Wildman–Crippen LogP) is 4.23. The van der Waals surface area contributed by atoms with Gasteiger partial charge in [-0.3, -0.25) is 14.6 Å². The number of nitrogens with one attached hydrogen (secondary N) is 1. The molecule has 0 bridgehead atoms. The lowest BCUT2D eigenvalue weighted by molar-refractivity contribution is -0.130. The van der Waals surface area contributed by atoms with Gasteiger partial charge in [-0.1, -0.05) is 18.2 Å². The van der Waals surface area contributed by atoms with E-state index in [2.05, 4.69) is 27.4 Å². The van der Waals surface area contributed by atoms with Gasteiger partial charge in [0.1, 0.15) is 22.7 Å². The smallest absolute Gasteiger partial charge is 0.219 e. The first-order valence-corrected chi connectivity index (χ1v) is 12.3. The second-order valence-corrected chi connectivity index (χ2v) is 9.55. The van der Waals surface area contributed by atoms with E-state index in [1.165, 1.54) is 5.56 Å². The number of hydrogen-bond acceptors (Lipinski definition) is 6. The topological polar surface area (TPSA) is 113 Å². The van der Waals surface area contributed by atoms with E-state index in [4.69, 9.17) is 9.72 Å². The predicted molar refractivity (Wildman–Crippen MR) is 134 cm³/mol. The van der Waals surface area contributed by atoms with Crippen molar-refractivity contribution in [3.63, 3.8) is 0 Å². The van der Waals surface area contributed by atoms with Gasteiger partial charge in [-0.15, -0.1) is 0 Å². The van der Waals surface area contributed by atoms with Crippen molar-refractivity contribution < 1.29 is 9.53 Å². The number of rotatable bonds is 4. The molecule has 4 aromatic rings. The Morgan fingerprint density at radius 1 is 1.22 bits per heavy atom. The number of likely N-dealkylation sites (tertiary alicyclic amines) is 1. The zero-order valence-corrected chi connectivity index (χ0v) is 20.4. The van der Waals surface area contributed by atoms with Crippen LogP contribution in [0.25, 0.3) is 33.5 Å². The summed E-state index contributed by atoms with van der Waals surface area (Å²) in [5, 5.41) is 21.9. The Balaban J connectivity index is 1.38. The fourth-order valence-corrected chi connectivity index (χ4v) is 5.60. The van der Waals surface area contributed by atoms with E-state index in [1.807, 2.05) is 40.2 Å². The van der Waals surface area contributed by atoms with Crippen molar-refractivity contribution in [1.82, 2.24) is 29.9 Å². The number of pyridine rings is 1. The summed E-state index contributed by atoms with van der Waals surface area (Å²) in [6, 6.07) is 10.7. The van der Waals surface area contributed by atoms with Crippen LogP contribution in [0.3, 0.4) is 0 Å². The Morgan fingerprint density at radius 3 is 2.81 bits per heavy atom. The maximum absolute atomic E-state index is 11.7. The fraction of sp³-hybridized carbons (Fsp3) is 0.370. The monoisotopic (exact) mass is 481 g/mol. The van der Waals surface area contributed by atoms with Gasteiger partial charge in [-0.2, -0.15) is 15.5 Å². The Bertz CT molecular complexity index is 1500. The molecule has 0 radical (unpaired) electrons. The third kappa shape index (κ3) is 3.61. The van der Waals surface area contributed by atoms with Crippen molar-refractivity contribution in [2.24, 2.45) is 0 Å². The molecule has 36 heavy (non-hydrogen) atoms. The van der Waals surface area contributed by atoms with Gasteiger partial charge in [-0.05, 0) is 36.8 Å². The molecule has 9 heteroatoms. The number of piperidine rings is 1. The van der Waals surface area contributed by atoms with E-state index in [-0.39, 0.29) is 17.9 Å². The normalized spacial score (nSPS) is 17.8. The summed E-state index contributed by atoms with van der Waals surface area (Å²) in [4.78, 5) is 18.6. The summed E-state index contributed by atoms with van der Waals surface area (Å²) >= 11 is 0. The number of nitriles is 1. The Kier molecular flexibility index (Phi) is 5.44. The maximum atomic E-state index is 11.7. The van der Waals surface area contributed by atoms with Crippen LogP contribution in [0, 0.1) is 11.3 Å². The van der Waals surface area contributed by atoms with E-state index in [9.17, 15) is 10.1 Å². The highest BCUT2D eigenvalue weighted by molar-refractivity contribution is 5.93. The maximum Gasteiger partial charge on any atom is 0.219 e. The number of carbonyl (C=O) groups excluding carboxylic acids is 1. The van der Waals surface area contributed by atoms with Crippen LogP contribution in [0.5, 0.6) is 5.75 Å². The van der Waals surface area contributed by atoms with Crippen LogP contribution in [-0.2, 0) is 11.2 Å². The van der Waals surface area contributed by atoms with Crippen molar-refractivity contribution in [3.05, 3.63) is 47.8 Å². The lowest BCUT2D eigenvalue weighted by Crippen LogP contribution is -2.37. The molecule has 1 N–H and O–H groups in total. The van der Waals surface area contributed by atoms with Gasteiger partial charge in [0.25, 0.3) is 0 Å². The first-order valence-electron chi connectivity index (χ1n) is 12.3. The largest absolute Gasteiger partial charge is 0.494 e. The van der Waals surface area contributed by atoms with Gasteiger partial charge in [0.05, 0.1) is 36.9 Å². The lowest BCUT2D eigenvalue weighted by Gasteiger charge is -2.31. The number of fused-ring (bicyclic) bond motifs is 2. The highest BCUT2D eigenvalue weighted by atomic mass is 16.5. The number of hydrogen-bond donors (Lipinski definition) is 1. The average molecular weight is 482 g/mol. The molecule has 0 saturated carbocycles. The third-order valence-electron chi connectivity index (χ3n) is 7.56. The van der Waals surface area contributed by atoms with Crippen LogP contribution >= 0.6 is 0 Å². The Hall–Kier alpha value is -4.19. The van der Waals surface area contributed by atoms with Gasteiger partial charge >= 0.3 is 0 Å². The van der Waals surface area contributed by atoms with E-state index in [0.29, 0.717) is 5.75 Å². The number of carbonyl (C=O) groups is 1. The second kappa shape index (κ2) is 8.79. The zero-order chi connectivity index (χ0) is 24.8. The molecule has 6 rings (SSSR count). The number of aromatic amines is 1. The van der Waals surface area contributed by atoms with Crippen LogP contribution < -0.4 is 4.74 Å². The number of ether oxygens (including phenoxy) is 1. The minimum Gasteiger partial charge on any atom is -0.494 e. The summed E-state index contributed by atoms with van der Waals surface area (Å²) in [7, 11) is 1.65. The van der Waals surface area contributed by atoms with Crippen molar-refractivity contribution in [1.29, 1.82) is 5.26 Å². The van der Waals surface area contributed by atoms with E-state index in [0.717, 1.165) is 77.9 Å². The van der Waals surface area contributed by atoms with Crippen molar-refractivity contribution in [3.8, 4) is 34.3 Å². The highest BCUT2D eigenvalue weighted by Crippen LogP contribution is 2.42. The van der Waals surface area contributed by atoms with Crippen molar-refractivity contribution in [2.75, 3.05) is 20.2 Å². The highest BCUT2D eigenvalue weighted by Gasteiger charge is 2.27. The standard InChI is InChI=1S/C27H27N7O2/c1-16(35)33-10-8-19(9-11-33)34-15-18(14-29-34)25-27-23(31-32-25)12-24(36-2)26(30-27)22-5-3-4-20-17(13-28)6-7-21(20)22/h3-5,12,14-15,17,19H,6-11H2,1-2H3,(H,31,32). The van der Waals surface area contributed by atoms with Crippen molar-refractivity contribution >= 4 is 16.9 Å². The van der Waals surface area contributed by atoms with Crippen LogP contribution in [0.15, 0.2) is 36.7 Å². The van der Waals surface area contributed by atoms with Crippen molar-refractivity contribution in [2.45, 2.75) is 44.6 Å². The molecule has 1 amide bonds. The van der Waals surface area contributed by atoms with Crippen LogP contribution in [0.4, 0.5) is 0 Å². The van der Waals surface area contributed by atoms with Crippen LogP contribution in [0.2, 0.25) is 0 Å². The Morgan fingerprint density at radius 2 is 2.06 bits per heavy atom. The molecule has 9 nitrogen and oxygen atoms in total. The molecule has 1 saturated heterocycles. The van der Waals surface area contributed by atoms with E-state index >= 15 is 0 Å². The molecule has 1 atom stereocenters. The number of aromatic nitrogens is 5. The molecule has 182 valence electrons. The SMILES string of the molecule is COc1cc2[nH]nc(-c3cnn(C4CCN(C(C)=O)CC4)c3)c2nc1-c1cccc2c1CCC2C#N. The van der Waals surface area contributed by atoms with Gasteiger partial charge in [0.15, 0.2) is 0 Å². The van der Waals surface area contributed by atoms with Crippen LogP contribution in [-0.4, -0.2) is 56.0 Å². The molecule has 1 aliphatic heterocycles. The third-order valence-corrected chi connectivity index (χ3v) is 7.56. The lowest BCUT2D eigenvalue weighted by atomic mass is 9.97. The van der Waals surface area contributed by atoms with Gasteiger partial charge in [0, 0.05) is 43.4 Å². The fourth-order valence-electron chi connectivity index (χ4n) is 5.60. The van der Waals surface area contributed by atoms with Gasteiger partial charge in [0.2, 0.25) is 5.91 Å². The van der Waals surface area contributed by atoms with Gasteiger partial charge in [-0.25, -0.2) is 4.98 Å². The van der Waals surface area contributed by atoms with Crippen LogP contribution in [0.1, 0.15) is 49.3 Å². The zero-order valence-electron chi connectivity index (χ0n) is 20.4. The first kappa shape index (κ1) is 22.3. The number of benzene rings is 1. The Labute approximate surface area is 208 Å². The number of methoxy groups -OCH3 is 1. The summed E-state index contributed by atoms with van der Waals surface area (Å²) in [5.74, 6) is 0.717. The van der Waals surface area contributed by atoms with E-state index in [1.54, 1.807) is 14.0 Å². The molecular formula is C27H27N7O2. The molecule has 1 aromatic carbocycles. The number of amides is 1. The molecule has 1 unspecified atom stereocenters. The first-order chi connectivity index (χ1) is 17.6. The molecule has 4 heterocycles. The molecular weight excluding hydrogens is 454 g/mol. The summed E-state index contributed by atoms with van der Waals surface area (Å²) < 4.78 is 7.71. The number of nitrogens with zero attached hydrogens (tertiary/aromatic N) is 6. The summed E-state index contributed by atoms with van der Waals surface area (Å²) in [6.45, 7) is 3.12. The minimum absolute atomic E-state index is 0.0766. The molecule has 3 aromatic heterocycles. The minimum atomic E-state index is -0.0766. The number of H-pyrrole nitrogens is 1. The quantitative estimate of drug-likeness (QED) is 0.467. The van der Waals surface area contributed by atoms with E-state index < -0.39 is 0 Å². The molecule has 2 aliphatic rings.